The number of nitrogens with zero attached hydrogens (tertiary/aromatic N) is 1. The van der Waals surface area contributed by atoms with Crippen LogP contribution in [0.1, 0.15) is 22.8 Å². The van der Waals surface area contributed by atoms with E-state index in [4.69, 9.17) is 0 Å². The summed E-state index contributed by atoms with van der Waals surface area (Å²) in [5.41, 5.74) is 1.42. The molecule has 2 rings (SSSR count). The summed E-state index contributed by atoms with van der Waals surface area (Å²) >= 11 is 1.64. The summed E-state index contributed by atoms with van der Waals surface area (Å²) in [4.78, 5) is 12.6. The first-order valence-electron chi connectivity index (χ1n) is 7.05. The number of hydrogen-bond donors (Lipinski definition) is 0. The molecule has 0 aliphatic heterocycles. The molecule has 23 heavy (non-hydrogen) atoms. The van der Waals surface area contributed by atoms with Gasteiger partial charge in [0, 0.05) is 24.1 Å². The van der Waals surface area contributed by atoms with Crippen molar-refractivity contribution in [2.75, 3.05) is 13.3 Å². The van der Waals surface area contributed by atoms with E-state index in [-0.39, 0.29) is 10.7 Å². The minimum Gasteiger partial charge on any atom is -0.295 e. The van der Waals surface area contributed by atoms with E-state index in [0.717, 1.165) is 10.5 Å². The molecule has 4 nitrogen and oxygen atoms in total. The lowest BCUT2D eigenvalue weighted by Crippen LogP contribution is -2.26. The van der Waals surface area contributed by atoms with Crippen molar-refractivity contribution in [3.8, 4) is 0 Å². The monoisotopic (exact) mass is 349 g/mol. The van der Waals surface area contributed by atoms with Crippen LogP contribution >= 0.6 is 11.8 Å². The first-order valence-corrected chi connectivity index (χ1v) is 9.71. The summed E-state index contributed by atoms with van der Waals surface area (Å²) in [6.07, 6.45) is 2.00. The molecule has 0 saturated heterocycles. The van der Waals surface area contributed by atoms with Gasteiger partial charge in [0.15, 0.2) is 5.78 Å². The number of ketones is 1. The quantitative estimate of drug-likeness (QED) is 0.592. The van der Waals surface area contributed by atoms with Crippen molar-refractivity contribution in [1.82, 2.24) is 4.31 Å². The molecule has 0 fully saturated rings. The largest absolute Gasteiger partial charge is 0.295 e. The molecule has 0 bridgehead atoms. The molecular weight excluding hydrogens is 330 g/mol. The predicted molar refractivity (Wildman–Crippen MR) is 93.3 cm³/mol. The van der Waals surface area contributed by atoms with Crippen molar-refractivity contribution < 1.29 is 13.2 Å². The van der Waals surface area contributed by atoms with Crippen molar-refractivity contribution in [3.05, 3.63) is 59.7 Å². The third kappa shape index (κ3) is 4.22. The van der Waals surface area contributed by atoms with Crippen LogP contribution in [-0.2, 0) is 16.6 Å². The summed E-state index contributed by atoms with van der Waals surface area (Å²) in [6, 6.07) is 13.8. The van der Waals surface area contributed by atoms with Gasteiger partial charge in [-0.3, -0.25) is 4.79 Å². The molecule has 0 saturated carbocycles. The second kappa shape index (κ2) is 7.29. The van der Waals surface area contributed by atoms with Crippen LogP contribution in [0.4, 0.5) is 0 Å². The molecule has 2 aromatic carbocycles. The van der Waals surface area contributed by atoms with Crippen LogP contribution in [0, 0.1) is 0 Å². The van der Waals surface area contributed by atoms with Gasteiger partial charge in [-0.25, -0.2) is 8.42 Å². The number of benzene rings is 2. The molecule has 0 amide bonds. The van der Waals surface area contributed by atoms with E-state index in [1.807, 2.05) is 30.5 Å². The molecule has 0 aliphatic carbocycles. The smallest absolute Gasteiger partial charge is 0.243 e. The molecule has 0 atom stereocenters. The maximum absolute atomic E-state index is 12.6. The fourth-order valence-corrected chi connectivity index (χ4v) is 3.68. The second-order valence-corrected chi connectivity index (χ2v) is 8.11. The molecule has 0 heterocycles. The zero-order valence-electron chi connectivity index (χ0n) is 13.3. The third-order valence-electron chi connectivity index (χ3n) is 3.53. The van der Waals surface area contributed by atoms with Crippen LogP contribution in [0.15, 0.2) is 58.3 Å². The van der Waals surface area contributed by atoms with E-state index < -0.39 is 10.0 Å². The van der Waals surface area contributed by atoms with E-state index >= 15 is 0 Å². The van der Waals surface area contributed by atoms with Gasteiger partial charge in [0.1, 0.15) is 0 Å². The first kappa shape index (κ1) is 17.7. The number of rotatable bonds is 6. The topological polar surface area (TPSA) is 54.5 Å². The molecule has 0 aliphatic rings. The van der Waals surface area contributed by atoms with Gasteiger partial charge < -0.3 is 0 Å². The Morgan fingerprint density at radius 3 is 2.09 bits per heavy atom. The summed E-state index contributed by atoms with van der Waals surface area (Å²) in [5.74, 6) is -0.0869. The van der Waals surface area contributed by atoms with E-state index in [1.54, 1.807) is 18.8 Å². The van der Waals surface area contributed by atoms with Crippen LogP contribution in [0.5, 0.6) is 0 Å². The van der Waals surface area contributed by atoms with Gasteiger partial charge in [0.2, 0.25) is 10.0 Å². The van der Waals surface area contributed by atoms with Crippen LogP contribution in [-0.4, -0.2) is 31.8 Å². The SMILES string of the molecule is CSc1ccc(CN(C)S(=O)(=O)c2ccc(C(C)=O)cc2)cc1. The van der Waals surface area contributed by atoms with Crippen molar-refractivity contribution in [2.24, 2.45) is 0 Å². The van der Waals surface area contributed by atoms with Crippen molar-refractivity contribution in [1.29, 1.82) is 0 Å². The Hall–Kier alpha value is -1.63. The Kier molecular flexibility index (Phi) is 5.62. The molecule has 2 aromatic rings. The average molecular weight is 349 g/mol. The lowest BCUT2D eigenvalue weighted by molar-refractivity contribution is 0.101. The Morgan fingerprint density at radius 1 is 1.04 bits per heavy atom. The normalized spacial score (nSPS) is 11.7. The summed E-state index contributed by atoms with van der Waals surface area (Å²) < 4.78 is 26.5. The fourth-order valence-electron chi connectivity index (χ4n) is 2.11. The number of carbonyl (C=O) groups is 1. The number of hydrogen-bond acceptors (Lipinski definition) is 4. The molecule has 6 heteroatoms. The Morgan fingerprint density at radius 2 is 1.61 bits per heavy atom. The third-order valence-corrected chi connectivity index (χ3v) is 6.09. The second-order valence-electron chi connectivity index (χ2n) is 5.19. The Bertz CT molecular complexity index is 782. The lowest BCUT2D eigenvalue weighted by Gasteiger charge is -2.17. The lowest BCUT2D eigenvalue weighted by atomic mass is 10.2. The Balaban J connectivity index is 2.18. The minimum absolute atomic E-state index is 0.0869. The van der Waals surface area contributed by atoms with Crippen LogP contribution in [0.3, 0.4) is 0 Å². The molecule has 0 unspecified atom stereocenters. The predicted octanol–water partition coefficient (Wildman–Crippen LogP) is 3.43. The van der Waals surface area contributed by atoms with E-state index in [0.29, 0.717) is 12.1 Å². The number of sulfonamides is 1. The van der Waals surface area contributed by atoms with Crippen LogP contribution < -0.4 is 0 Å². The standard InChI is InChI=1S/C17H19NO3S2/c1-13(19)15-6-10-17(11-7-15)23(20,21)18(2)12-14-4-8-16(22-3)9-5-14/h4-11H,12H2,1-3H3. The maximum atomic E-state index is 12.6. The van der Waals surface area contributed by atoms with Gasteiger partial charge >= 0.3 is 0 Å². The molecular formula is C17H19NO3S2. The van der Waals surface area contributed by atoms with Crippen LogP contribution in [0.2, 0.25) is 0 Å². The number of thioether (sulfide) groups is 1. The maximum Gasteiger partial charge on any atom is 0.243 e. The van der Waals surface area contributed by atoms with Crippen molar-refractivity contribution in [3.63, 3.8) is 0 Å². The highest BCUT2D eigenvalue weighted by molar-refractivity contribution is 7.98. The molecule has 0 aromatic heterocycles. The van der Waals surface area contributed by atoms with E-state index in [1.165, 1.54) is 35.5 Å². The Labute approximate surface area is 141 Å². The minimum atomic E-state index is -3.58. The summed E-state index contributed by atoms with van der Waals surface area (Å²) in [7, 11) is -2.03. The summed E-state index contributed by atoms with van der Waals surface area (Å²) in [5, 5.41) is 0. The zero-order chi connectivity index (χ0) is 17.0. The van der Waals surface area contributed by atoms with Gasteiger partial charge in [-0.05, 0) is 43.0 Å². The van der Waals surface area contributed by atoms with Gasteiger partial charge in [-0.15, -0.1) is 11.8 Å². The fraction of sp³-hybridized carbons (Fsp3) is 0.235. The molecule has 0 radical (unpaired) electrons. The van der Waals surface area contributed by atoms with Gasteiger partial charge in [-0.2, -0.15) is 4.31 Å². The zero-order valence-corrected chi connectivity index (χ0v) is 14.9. The van der Waals surface area contributed by atoms with Gasteiger partial charge in [0.05, 0.1) is 4.90 Å². The highest BCUT2D eigenvalue weighted by Crippen LogP contribution is 2.19. The highest BCUT2D eigenvalue weighted by atomic mass is 32.2. The molecule has 0 spiro atoms. The number of carbonyl (C=O) groups excluding carboxylic acids is 1. The van der Waals surface area contributed by atoms with E-state index in [2.05, 4.69) is 0 Å². The van der Waals surface area contributed by atoms with Crippen molar-refractivity contribution >= 4 is 27.6 Å². The summed E-state index contributed by atoms with van der Waals surface area (Å²) in [6.45, 7) is 1.75. The van der Waals surface area contributed by atoms with Crippen molar-refractivity contribution in [2.45, 2.75) is 23.3 Å². The number of Topliss-reactive ketones (excluding diaryl/α,β-unsaturated/α-hetero) is 1. The molecule has 122 valence electrons. The average Bonchev–Trinajstić information content (AvgIpc) is 2.55. The molecule has 0 N–H and O–H groups in total. The van der Waals surface area contributed by atoms with Gasteiger partial charge in [-0.1, -0.05) is 24.3 Å². The van der Waals surface area contributed by atoms with E-state index in [9.17, 15) is 13.2 Å². The van der Waals surface area contributed by atoms with Gasteiger partial charge in [0.25, 0.3) is 0 Å². The van der Waals surface area contributed by atoms with Crippen LogP contribution in [0.25, 0.3) is 0 Å². The highest BCUT2D eigenvalue weighted by Gasteiger charge is 2.21. The first-order chi connectivity index (χ1) is 10.8.